The summed E-state index contributed by atoms with van der Waals surface area (Å²) in [5.41, 5.74) is 0.945. The average Bonchev–Trinajstić information content (AvgIpc) is 3.23. The fourth-order valence-electron chi connectivity index (χ4n) is 4.06. The lowest BCUT2D eigenvalue weighted by Gasteiger charge is -2.32. The molecule has 0 saturated carbocycles. The van der Waals surface area contributed by atoms with E-state index in [0.29, 0.717) is 18.9 Å². The molecule has 1 aromatic carbocycles. The highest BCUT2D eigenvalue weighted by molar-refractivity contribution is 5.75. The number of aryl methyl sites for hydroxylation is 1. The van der Waals surface area contributed by atoms with E-state index in [1.165, 1.54) is 12.8 Å². The first-order valence-corrected chi connectivity index (χ1v) is 10.9. The van der Waals surface area contributed by atoms with Crippen LogP contribution in [0.25, 0.3) is 0 Å². The van der Waals surface area contributed by atoms with E-state index in [2.05, 4.69) is 29.3 Å². The normalized spacial score (nSPS) is 17.0. The van der Waals surface area contributed by atoms with Gasteiger partial charge in [0.15, 0.2) is 0 Å². The number of hydrogen-bond acceptors (Lipinski definition) is 5. The van der Waals surface area contributed by atoms with Crippen LogP contribution in [0.4, 0.5) is 0 Å². The van der Waals surface area contributed by atoms with E-state index < -0.39 is 0 Å². The molecule has 1 aliphatic heterocycles. The zero-order chi connectivity index (χ0) is 21.3. The Kier molecular flexibility index (Phi) is 8.20. The van der Waals surface area contributed by atoms with Crippen LogP contribution in [0.5, 0.6) is 11.5 Å². The Bertz CT molecular complexity index is 817. The first-order chi connectivity index (χ1) is 14.6. The quantitative estimate of drug-likeness (QED) is 0.632. The van der Waals surface area contributed by atoms with Gasteiger partial charge in [0.1, 0.15) is 23.0 Å². The molecule has 6 heteroatoms. The Morgan fingerprint density at radius 1 is 1.20 bits per heavy atom. The molecule has 3 rings (SSSR count). The third-order valence-electron chi connectivity index (χ3n) is 5.80. The number of nitrogens with zero attached hydrogens (tertiary/aromatic N) is 1. The number of hydrogen-bond donors (Lipinski definition) is 1. The number of carbonyl (C=O) groups excluding carboxylic acids is 1. The van der Waals surface area contributed by atoms with Gasteiger partial charge in [-0.25, -0.2) is 0 Å². The highest BCUT2D eigenvalue weighted by atomic mass is 16.5. The van der Waals surface area contributed by atoms with Crippen molar-refractivity contribution >= 4 is 5.91 Å². The largest absolute Gasteiger partial charge is 0.497 e. The van der Waals surface area contributed by atoms with Crippen LogP contribution in [0.1, 0.15) is 49.7 Å². The van der Waals surface area contributed by atoms with Crippen LogP contribution in [0.15, 0.2) is 34.7 Å². The fraction of sp³-hybridized carbons (Fsp3) is 0.542. The molecule has 1 aliphatic rings. The van der Waals surface area contributed by atoms with Crippen molar-refractivity contribution in [1.82, 2.24) is 10.2 Å². The van der Waals surface area contributed by atoms with Gasteiger partial charge >= 0.3 is 0 Å². The van der Waals surface area contributed by atoms with E-state index in [4.69, 9.17) is 13.9 Å². The fourth-order valence-corrected chi connectivity index (χ4v) is 4.06. The predicted octanol–water partition coefficient (Wildman–Crippen LogP) is 4.17. The van der Waals surface area contributed by atoms with Crippen molar-refractivity contribution in [3.05, 3.63) is 47.4 Å². The topological polar surface area (TPSA) is 63.9 Å². The maximum Gasteiger partial charge on any atom is 0.220 e. The molecular formula is C24H34N2O4. The predicted molar refractivity (Wildman–Crippen MR) is 117 cm³/mol. The zero-order valence-electron chi connectivity index (χ0n) is 18.4. The van der Waals surface area contributed by atoms with Gasteiger partial charge in [-0.1, -0.05) is 6.92 Å². The maximum absolute atomic E-state index is 12.4. The van der Waals surface area contributed by atoms with E-state index in [-0.39, 0.29) is 5.91 Å². The molecule has 1 aromatic heterocycles. The van der Waals surface area contributed by atoms with Crippen molar-refractivity contribution < 1.29 is 18.7 Å². The summed E-state index contributed by atoms with van der Waals surface area (Å²) in [6.07, 6.45) is 4.77. The molecule has 1 atom stereocenters. The van der Waals surface area contributed by atoms with E-state index in [1.54, 1.807) is 14.2 Å². The van der Waals surface area contributed by atoms with Crippen LogP contribution in [0.3, 0.4) is 0 Å². The van der Waals surface area contributed by atoms with Crippen LogP contribution in [-0.2, 0) is 24.3 Å². The molecule has 6 nitrogen and oxygen atoms in total. The zero-order valence-corrected chi connectivity index (χ0v) is 18.4. The van der Waals surface area contributed by atoms with Gasteiger partial charge in [0.05, 0.1) is 20.8 Å². The van der Waals surface area contributed by atoms with Crippen LogP contribution >= 0.6 is 0 Å². The van der Waals surface area contributed by atoms with E-state index in [9.17, 15) is 4.79 Å². The van der Waals surface area contributed by atoms with Gasteiger partial charge in [-0.2, -0.15) is 0 Å². The number of furan rings is 1. The van der Waals surface area contributed by atoms with E-state index in [1.807, 2.05) is 18.2 Å². The van der Waals surface area contributed by atoms with Crippen LogP contribution in [-0.4, -0.2) is 38.1 Å². The Labute approximate surface area is 179 Å². The summed E-state index contributed by atoms with van der Waals surface area (Å²) in [4.78, 5) is 14.8. The lowest BCUT2D eigenvalue weighted by atomic mass is 9.93. The van der Waals surface area contributed by atoms with Gasteiger partial charge in [-0.05, 0) is 56.0 Å². The molecule has 1 N–H and O–H groups in total. The molecule has 1 amide bonds. The van der Waals surface area contributed by atoms with Crippen molar-refractivity contribution in [2.24, 2.45) is 5.92 Å². The Hall–Kier alpha value is -2.47. The first-order valence-electron chi connectivity index (χ1n) is 10.9. The highest BCUT2D eigenvalue weighted by Crippen LogP contribution is 2.25. The summed E-state index contributed by atoms with van der Waals surface area (Å²) < 4.78 is 16.5. The second-order valence-electron chi connectivity index (χ2n) is 7.96. The maximum atomic E-state index is 12.4. The summed E-state index contributed by atoms with van der Waals surface area (Å²) >= 11 is 0. The van der Waals surface area contributed by atoms with Crippen molar-refractivity contribution in [3.8, 4) is 11.5 Å². The summed E-state index contributed by atoms with van der Waals surface area (Å²) in [5, 5.41) is 3.02. The molecule has 0 bridgehead atoms. The van der Waals surface area contributed by atoms with Crippen molar-refractivity contribution in [3.63, 3.8) is 0 Å². The molecule has 164 valence electrons. The molecule has 1 saturated heterocycles. The lowest BCUT2D eigenvalue weighted by Crippen LogP contribution is -2.35. The number of benzene rings is 1. The molecule has 2 aromatic rings. The Morgan fingerprint density at radius 3 is 2.77 bits per heavy atom. The third kappa shape index (κ3) is 6.26. The highest BCUT2D eigenvalue weighted by Gasteiger charge is 2.21. The number of methoxy groups -OCH3 is 2. The minimum absolute atomic E-state index is 0.0867. The van der Waals surface area contributed by atoms with E-state index in [0.717, 1.165) is 61.1 Å². The van der Waals surface area contributed by atoms with E-state index >= 15 is 0 Å². The van der Waals surface area contributed by atoms with Crippen molar-refractivity contribution in [2.45, 2.75) is 52.1 Å². The van der Waals surface area contributed by atoms with Crippen molar-refractivity contribution in [2.75, 3.05) is 27.3 Å². The number of carbonyl (C=O) groups is 1. The van der Waals surface area contributed by atoms with Crippen LogP contribution < -0.4 is 14.8 Å². The van der Waals surface area contributed by atoms with Crippen LogP contribution in [0.2, 0.25) is 0 Å². The summed E-state index contributed by atoms with van der Waals surface area (Å²) in [6.45, 7) is 5.56. The Balaban J connectivity index is 1.42. The second kappa shape index (κ2) is 11.1. The van der Waals surface area contributed by atoms with Crippen molar-refractivity contribution in [1.29, 1.82) is 0 Å². The minimum Gasteiger partial charge on any atom is -0.497 e. The van der Waals surface area contributed by atoms with Gasteiger partial charge in [0.25, 0.3) is 0 Å². The third-order valence-corrected chi connectivity index (χ3v) is 5.80. The molecule has 1 fully saturated rings. The lowest BCUT2D eigenvalue weighted by molar-refractivity contribution is -0.121. The standard InChI is InChI=1S/C24H34N2O4/c1-4-20-10-11-22(30-20)17-26-13-5-6-18(16-26)7-12-24(27)25-15-19-8-9-21(28-2)14-23(19)29-3/h8-11,14,18H,4-7,12-13,15-17H2,1-3H3,(H,25,27). The minimum atomic E-state index is 0.0867. The van der Waals surface area contributed by atoms with Gasteiger partial charge in [0.2, 0.25) is 5.91 Å². The summed E-state index contributed by atoms with van der Waals surface area (Å²) in [5.74, 6) is 4.19. The van der Waals surface area contributed by atoms with Crippen LogP contribution in [0, 0.1) is 5.92 Å². The molecule has 30 heavy (non-hydrogen) atoms. The molecule has 2 heterocycles. The van der Waals surface area contributed by atoms with Gasteiger partial charge < -0.3 is 19.2 Å². The summed E-state index contributed by atoms with van der Waals surface area (Å²) in [7, 11) is 3.25. The number of likely N-dealkylation sites (tertiary alicyclic amines) is 1. The molecule has 0 aliphatic carbocycles. The number of nitrogens with one attached hydrogen (secondary N) is 1. The number of amides is 1. The Morgan fingerprint density at radius 2 is 2.03 bits per heavy atom. The van der Waals surface area contributed by atoms with Gasteiger partial charge in [-0.15, -0.1) is 0 Å². The van der Waals surface area contributed by atoms with Gasteiger partial charge in [0, 0.05) is 37.6 Å². The first kappa shape index (κ1) is 22.2. The smallest absolute Gasteiger partial charge is 0.220 e. The SMILES string of the molecule is CCc1ccc(CN2CCCC(CCC(=O)NCc3ccc(OC)cc3OC)C2)o1. The molecular weight excluding hydrogens is 380 g/mol. The molecule has 0 radical (unpaired) electrons. The second-order valence-corrected chi connectivity index (χ2v) is 7.96. The molecule has 1 unspecified atom stereocenters. The molecule has 0 spiro atoms. The number of piperidine rings is 1. The number of rotatable bonds is 10. The summed E-state index contributed by atoms with van der Waals surface area (Å²) in [6, 6.07) is 9.79. The average molecular weight is 415 g/mol. The number of ether oxygens (including phenoxy) is 2. The van der Waals surface area contributed by atoms with Gasteiger partial charge in [-0.3, -0.25) is 9.69 Å². The monoisotopic (exact) mass is 414 g/mol.